The highest BCUT2D eigenvalue weighted by Crippen LogP contribution is 2.15. The van der Waals surface area contributed by atoms with Crippen molar-refractivity contribution in [2.45, 2.75) is 52.1 Å². The normalized spacial score (nSPS) is 13.6. The van der Waals surface area contributed by atoms with Gasteiger partial charge in [-0.2, -0.15) is 0 Å². The molecule has 4 heteroatoms. The van der Waals surface area contributed by atoms with Crippen LogP contribution in [0.5, 0.6) is 0 Å². The van der Waals surface area contributed by atoms with E-state index < -0.39 is 0 Å². The highest BCUT2D eigenvalue weighted by molar-refractivity contribution is 5.89. The molecule has 0 aliphatic rings. The zero-order valence-corrected chi connectivity index (χ0v) is 13.0. The van der Waals surface area contributed by atoms with Crippen molar-refractivity contribution in [3.05, 3.63) is 29.8 Å². The molecule has 0 radical (unpaired) electrons. The van der Waals surface area contributed by atoms with Gasteiger partial charge in [0.2, 0.25) is 0 Å². The highest BCUT2D eigenvalue weighted by Gasteiger charge is 2.09. The molecule has 0 fully saturated rings. The van der Waals surface area contributed by atoms with Crippen LogP contribution in [0.4, 0.5) is 10.5 Å². The van der Waals surface area contributed by atoms with E-state index in [0.29, 0.717) is 6.04 Å². The lowest BCUT2D eigenvalue weighted by Crippen LogP contribution is -2.37. The molecule has 1 rings (SSSR count). The fourth-order valence-corrected chi connectivity index (χ4v) is 2.10. The van der Waals surface area contributed by atoms with Crippen LogP contribution >= 0.6 is 0 Å². The predicted molar refractivity (Wildman–Crippen MR) is 85.1 cm³/mol. The van der Waals surface area contributed by atoms with E-state index >= 15 is 0 Å². The fraction of sp³-hybridized carbons (Fsp3) is 0.562. The Hall–Kier alpha value is -1.55. The molecule has 0 bridgehead atoms. The largest absolute Gasteiger partial charge is 0.335 e. The number of hydrogen-bond donors (Lipinski definition) is 3. The number of hydrogen-bond acceptors (Lipinski definition) is 2. The van der Waals surface area contributed by atoms with Crippen molar-refractivity contribution < 1.29 is 4.79 Å². The Morgan fingerprint density at radius 3 is 2.35 bits per heavy atom. The monoisotopic (exact) mass is 277 g/mol. The molecule has 0 aliphatic carbocycles. The molecule has 0 saturated carbocycles. The maximum Gasteiger partial charge on any atom is 0.319 e. The van der Waals surface area contributed by atoms with Gasteiger partial charge in [-0.15, -0.1) is 0 Å². The van der Waals surface area contributed by atoms with Crippen molar-refractivity contribution in [1.82, 2.24) is 10.6 Å². The second-order valence-electron chi connectivity index (χ2n) is 5.12. The van der Waals surface area contributed by atoms with Crippen LogP contribution in [-0.2, 0) is 0 Å². The topological polar surface area (TPSA) is 53.2 Å². The van der Waals surface area contributed by atoms with E-state index in [1.165, 1.54) is 5.56 Å². The predicted octanol–water partition coefficient (Wildman–Crippen LogP) is 3.67. The SMILES string of the molecule is CCCC(CC)NC(=O)Nc1ccc(C(C)NC)cc1. The van der Waals surface area contributed by atoms with E-state index in [-0.39, 0.29) is 12.1 Å². The van der Waals surface area contributed by atoms with E-state index in [9.17, 15) is 4.79 Å². The first-order valence-electron chi connectivity index (χ1n) is 7.45. The number of amides is 2. The van der Waals surface area contributed by atoms with Crippen molar-refractivity contribution in [3.8, 4) is 0 Å². The fourth-order valence-electron chi connectivity index (χ4n) is 2.10. The van der Waals surface area contributed by atoms with Gasteiger partial charge in [0.25, 0.3) is 0 Å². The van der Waals surface area contributed by atoms with E-state index in [0.717, 1.165) is 24.9 Å². The van der Waals surface area contributed by atoms with Crippen molar-refractivity contribution in [3.63, 3.8) is 0 Å². The highest BCUT2D eigenvalue weighted by atomic mass is 16.2. The van der Waals surface area contributed by atoms with Crippen LogP contribution in [-0.4, -0.2) is 19.1 Å². The van der Waals surface area contributed by atoms with Crippen LogP contribution in [0, 0.1) is 0 Å². The third-order valence-electron chi connectivity index (χ3n) is 3.57. The van der Waals surface area contributed by atoms with Gasteiger partial charge in [0.15, 0.2) is 0 Å². The van der Waals surface area contributed by atoms with Gasteiger partial charge in [0, 0.05) is 17.8 Å². The molecule has 0 aliphatic heterocycles. The van der Waals surface area contributed by atoms with Gasteiger partial charge in [-0.3, -0.25) is 0 Å². The summed E-state index contributed by atoms with van der Waals surface area (Å²) in [6, 6.07) is 8.36. The first-order valence-corrected chi connectivity index (χ1v) is 7.45. The molecule has 4 nitrogen and oxygen atoms in total. The molecule has 0 aromatic heterocycles. The van der Waals surface area contributed by atoms with Crippen LogP contribution < -0.4 is 16.0 Å². The summed E-state index contributed by atoms with van der Waals surface area (Å²) in [5, 5.41) is 9.07. The first-order chi connectivity index (χ1) is 9.60. The number of rotatable bonds is 7. The molecule has 112 valence electrons. The molecule has 0 saturated heterocycles. The van der Waals surface area contributed by atoms with Crippen LogP contribution in [0.3, 0.4) is 0 Å². The molecule has 1 aromatic rings. The van der Waals surface area contributed by atoms with Crippen LogP contribution in [0.2, 0.25) is 0 Å². The van der Waals surface area contributed by atoms with Crippen LogP contribution in [0.25, 0.3) is 0 Å². The first kappa shape index (κ1) is 16.5. The average molecular weight is 277 g/mol. The van der Waals surface area contributed by atoms with Gasteiger partial charge < -0.3 is 16.0 Å². The minimum absolute atomic E-state index is 0.125. The summed E-state index contributed by atoms with van der Waals surface area (Å²) in [6.45, 7) is 6.32. The molecule has 2 unspecified atom stereocenters. The molecule has 1 aromatic carbocycles. The van der Waals surface area contributed by atoms with Crippen molar-refractivity contribution in [2.75, 3.05) is 12.4 Å². The molecule has 0 heterocycles. The lowest BCUT2D eigenvalue weighted by molar-refractivity contribution is 0.247. The summed E-state index contributed by atoms with van der Waals surface area (Å²) in [5.41, 5.74) is 2.02. The zero-order chi connectivity index (χ0) is 15.0. The summed E-state index contributed by atoms with van der Waals surface area (Å²) in [4.78, 5) is 11.9. The summed E-state index contributed by atoms with van der Waals surface area (Å²) in [7, 11) is 1.93. The quantitative estimate of drug-likeness (QED) is 0.712. The van der Waals surface area contributed by atoms with Crippen LogP contribution in [0.1, 0.15) is 51.6 Å². The van der Waals surface area contributed by atoms with E-state index in [2.05, 4.69) is 36.7 Å². The van der Waals surface area contributed by atoms with Gasteiger partial charge >= 0.3 is 6.03 Å². The summed E-state index contributed by atoms with van der Waals surface area (Å²) >= 11 is 0. The molecule has 3 N–H and O–H groups in total. The Bertz CT molecular complexity index is 403. The third kappa shape index (κ3) is 5.21. The lowest BCUT2D eigenvalue weighted by atomic mass is 10.1. The lowest BCUT2D eigenvalue weighted by Gasteiger charge is -2.17. The second kappa shape index (κ2) is 8.59. The smallest absolute Gasteiger partial charge is 0.319 e. The average Bonchev–Trinajstić information content (AvgIpc) is 2.46. The van der Waals surface area contributed by atoms with E-state index in [1.807, 2.05) is 31.3 Å². The maximum absolute atomic E-state index is 11.9. The standard InChI is InChI=1S/C16H27N3O/c1-5-7-14(6-2)18-16(20)19-15-10-8-13(9-11-15)12(3)17-4/h8-12,14,17H,5-7H2,1-4H3,(H2,18,19,20). The molecule has 2 atom stereocenters. The molecular weight excluding hydrogens is 250 g/mol. The summed E-state index contributed by atoms with van der Waals surface area (Å²) in [6.07, 6.45) is 3.05. The number of benzene rings is 1. The van der Waals surface area contributed by atoms with Gasteiger partial charge in [0.1, 0.15) is 0 Å². The molecule has 0 spiro atoms. The van der Waals surface area contributed by atoms with E-state index in [1.54, 1.807) is 0 Å². The Morgan fingerprint density at radius 2 is 1.85 bits per heavy atom. The minimum atomic E-state index is -0.125. The number of anilines is 1. The minimum Gasteiger partial charge on any atom is -0.335 e. The van der Waals surface area contributed by atoms with Gasteiger partial charge in [-0.25, -0.2) is 4.79 Å². The number of carbonyl (C=O) groups excluding carboxylic acids is 1. The van der Waals surface area contributed by atoms with Gasteiger partial charge in [-0.1, -0.05) is 32.4 Å². The Morgan fingerprint density at radius 1 is 1.20 bits per heavy atom. The number of carbonyl (C=O) groups is 1. The van der Waals surface area contributed by atoms with Crippen molar-refractivity contribution >= 4 is 11.7 Å². The Balaban J connectivity index is 2.53. The van der Waals surface area contributed by atoms with Gasteiger partial charge in [0.05, 0.1) is 0 Å². The molecule has 2 amide bonds. The number of urea groups is 1. The van der Waals surface area contributed by atoms with Crippen molar-refractivity contribution in [1.29, 1.82) is 0 Å². The summed E-state index contributed by atoms with van der Waals surface area (Å²) < 4.78 is 0. The van der Waals surface area contributed by atoms with E-state index in [4.69, 9.17) is 0 Å². The molecular formula is C16H27N3O. The molecule has 20 heavy (non-hydrogen) atoms. The Labute approximate surface area is 122 Å². The zero-order valence-electron chi connectivity index (χ0n) is 13.0. The summed E-state index contributed by atoms with van der Waals surface area (Å²) in [5.74, 6) is 0. The maximum atomic E-state index is 11.9. The van der Waals surface area contributed by atoms with Crippen molar-refractivity contribution in [2.24, 2.45) is 0 Å². The van der Waals surface area contributed by atoms with Gasteiger partial charge in [-0.05, 0) is 44.5 Å². The third-order valence-corrected chi connectivity index (χ3v) is 3.57. The second-order valence-corrected chi connectivity index (χ2v) is 5.12. The van der Waals surface area contributed by atoms with Crippen LogP contribution in [0.15, 0.2) is 24.3 Å². The number of nitrogens with one attached hydrogen (secondary N) is 3. The Kier molecular flexibility index (Phi) is 7.09.